The van der Waals surface area contributed by atoms with Gasteiger partial charge in [0.1, 0.15) is 11.5 Å². The van der Waals surface area contributed by atoms with Gasteiger partial charge in [-0.05, 0) is 79.3 Å². The maximum absolute atomic E-state index is 11.7. The van der Waals surface area contributed by atoms with Crippen LogP contribution in [-0.2, 0) is 41.1 Å². The molecule has 0 spiro atoms. The van der Waals surface area contributed by atoms with Crippen LogP contribution in [0, 0.1) is 0 Å². The molecule has 0 bridgehead atoms. The summed E-state index contributed by atoms with van der Waals surface area (Å²) in [6.07, 6.45) is 3.61. The van der Waals surface area contributed by atoms with Crippen molar-refractivity contribution in [1.82, 2.24) is 0 Å². The molecule has 0 fully saturated rings. The second-order valence-corrected chi connectivity index (χ2v) is 19.6. The van der Waals surface area contributed by atoms with E-state index < -0.39 is 0 Å². The number of aliphatic imine (C=N–C) groups is 2. The van der Waals surface area contributed by atoms with Crippen LogP contribution in [0.3, 0.4) is 0 Å². The van der Waals surface area contributed by atoms with Crippen LogP contribution < -0.4 is 0 Å². The van der Waals surface area contributed by atoms with Gasteiger partial charge in [-0.1, -0.05) is 180 Å². The molecule has 0 saturated carbocycles. The summed E-state index contributed by atoms with van der Waals surface area (Å²) in [5.41, 5.74) is 12.1. The van der Waals surface area contributed by atoms with Crippen LogP contribution >= 0.6 is 0 Å². The smallest absolute Gasteiger partial charge is 0.128 e. The molecule has 2 N–H and O–H groups in total. The van der Waals surface area contributed by atoms with E-state index in [-0.39, 0.29) is 52.6 Å². The van der Waals surface area contributed by atoms with Gasteiger partial charge in [-0.25, -0.2) is 0 Å². The molecular formula is C54H60N2O2Zn. The van der Waals surface area contributed by atoms with Gasteiger partial charge in [0, 0.05) is 65.3 Å². The van der Waals surface area contributed by atoms with Crippen LogP contribution in [-0.4, -0.2) is 22.6 Å². The van der Waals surface area contributed by atoms with Crippen molar-refractivity contribution in [2.45, 2.75) is 105 Å². The van der Waals surface area contributed by atoms with E-state index in [9.17, 15) is 10.2 Å². The Morgan fingerprint density at radius 3 is 1.03 bits per heavy atom. The van der Waals surface area contributed by atoms with Crippen molar-refractivity contribution in [2.24, 2.45) is 9.98 Å². The summed E-state index contributed by atoms with van der Waals surface area (Å²) in [7, 11) is 0. The largest absolute Gasteiger partial charge is 0.507 e. The average Bonchev–Trinajstić information content (AvgIpc) is 3.15. The van der Waals surface area contributed by atoms with Gasteiger partial charge in [-0.2, -0.15) is 0 Å². The van der Waals surface area contributed by atoms with E-state index in [1.165, 1.54) is 0 Å². The van der Waals surface area contributed by atoms with Crippen molar-refractivity contribution < 1.29 is 29.7 Å². The molecule has 0 amide bonds. The Morgan fingerprint density at radius 2 is 0.729 bits per heavy atom. The third kappa shape index (κ3) is 10.4. The van der Waals surface area contributed by atoms with E-state index in [1.807, 2.05) is 36.4 Å². The summed E-state index contributed by atoms with van der Waals surface area (Å²) in [6, 6.07) is 41.7. The second-order valence-electron chi connectivity index (χ2n) is 19.6. The fourth-order valence-corrected chi connectivity index (χ4v) is 7.15. The van der Waals surface area contributed by atoms with Crippen LogP contribution in [0.5, 0.6) is 11.5 Å². The molecule has 6 rings (SSSR count). The topological polar surface area (TPSA) is 65.2 Å². The van der Waals surface area contributed by atoms with Gasteiger partial charge in [0.15, 0.2) is 0 Å². The third-order valence-corrected chi connectivity index (χ3v) is 10.8. The second kappa shape index (κ2) is 17.2. The van der Waals surface area contributed by atoms with Gasteiger partial charge in [0.05, 0.1) is 11.4 Å². The van der Waals surface area contributed by atoms with Gasteiger partial charge >= 0.3 is 0 Å². The average molecular weight is 834 g/mol. The molecule has 0 aliphatic carbocycles. The molecular weight excluding hydrogens is 774 g/mol. The van der Waals surface area contributed by atoms with E-state index >= 15 is 0 Å². The normalized spacial score (nSPS) is 12.6. The zero-order chi connectivity index (χ0) is 42.2. The Bertz CT molecular complexity index is 2310. The molecule has 300 valence electrons. The number of phenols is 2. The number of rotatable bonds is 7. The van der Waals surface area contributed by atoms with E-state index in [0.717, 1.165) is 67.0 Å². The van der Waals surface area contributed by atoms with Gasteiger partial charge in [0.25, 0.3) is 0 Å². The Morgan fingerprint density at radius 1 is 0.390 bits per heavy atom. The summed E-state index contributed by atoms with van der Waals surface area (Å²) in [5.74, 6) is 0.490. The first kappa shape index (κ1) is 45.0. The maximum atomic E-state index is 11.7. The summed E-state index contributed by atoms with van der Waals surface area (Å²) in [4.78, 5) is 10.4. The van der Waals surface area contributed by atoms with Crippen LogP contribution in [0.2, 0.25) is 0 Å². The van der Waals surface area contributed by atoms with E-state index in [2.05, 4.69) is 168 Å². The first-order valence-corrected chi connectivity index (χ1v) is 20.3. The molecule has 59 heavy (non-hydrogen) atoms. The number of phenolic OH excluding ortho intramolecular Hbond substituents is 2. The Balaban J connectivity index is 0.00000661. The van der Waals surface area contributed by atoms with Gasteiger partial charge < -0.3 is 10.2 Å². The van der Waals surface area contributed by atoms with Crippen molar-refractivity contribution in [1.29, 1.82) is 0 Å². The summed E-state index contributed by atoms with van der Waals surface area (Å²) >= 11 is 0. The SMILES string of the molecule is CC(C)(C)c1cc(C=Nc2cc(-c3ccccc3)ccc2-c2ccc(-c3ccccc3)cc2N=Cc2cc(C(C)(C)C)cc(C(C)(C)C)c2O)c(O)c(C(C)(C)C)c1.[Zn]. The minimum absolute atomic E-state index is 0. The third-order valence-electron chi connectivity index (χ3n) is 10.8. The van der Waals surface area contributed by atoms with Crippen LogP contribution in [0.15, 0.2) is 131 Å². The van der Waals surface area contributed by atoms with Crippen molar-refractivity contribution >= 4 is 23.8 Å². The zero-order valence-corrected chi connectivity index (χ0v) is 40.2. The molecule has 0 aliphatic heterocycles. The molecule has 0 heterocycles. The fourth-order valence-electron chi connectivity index (χ4n) is 7.15. The summed E-state index contributed by atoms with van der Waals surface area (Å²) < 4.78 is 0. The number of hydrogen-bond donors (Lipinski definition) is 2. The molecule has 0 aliphatic rings. The first-order valence-electron chi connectivity index (χ1n) is 20.3. The van der Waals surface area contributed by atoms with Crippen LogP contribution in [0.4, 0.5) is 11.4 Å². The van der Waals surface area contributed by atoms with Crippen LogP contribution in [0.25, 0.3) is 33.4 Å². The van der Waals surface area contributed by atoms with Crippen molar-refractivity contribution in [2.75, 3.05) is 0 Å². The predicted molar refractivity (Wildman–Crippen MR) is 248 cm³/mol. The monoisotopic (exact) mass is 832 g/mol. The number of nitrogens with zero attached hydrogens (tertiary/aromatic N) is 2. The van der Waals surface area contributed by atoms with Crippen molar-refractivity contribution in [3.63, 3.8) is 0 Å². The first-order chi connectivity index (χ1) is 27.1. The number of hydrogen-bond acceptors (Lipinski definition) is 4. The molecule has 0 atom stereocenters. The summed E-state index contributed by atoms with van der Waals surface area (Å²) in [6.45, 7) is 25.9. The molecule has 0 aromatic heterocycles. The van der Waals surface area contributed by atoms with E-state index in [1.54, 1.807) is 12.4 Å². The fraction of sp³-hybridized carbons (Fsp3) is 0.296. The molecule has 6 aromatic carbocycles. The summed E-state index contributed by atoms with van der Waals surface area (Å²) in [5, 5.41) is 23.4. The molecule has 4 nitrogen and oxygen atoms in total. The molecule has 0 saturated heterocycles. The number of aromatic hydroxyl groups is 2. The van der Waals surface area contributed by atoms with Gasteiger partial charge in [-0.15, -0.1) is 0 Å². The minimum atomic E-state index is -0.270. The Kier molecular flexibility index (Phi) is 13.1. The maximum Gasteiger partial charge on any atom is 0.128 e. The molecule has 0 unspecified atom stereocenters. The number of benzene rings is 6. The Hall–Kier alpha value is -5.12. The van der Waals surface area contributed by atoms with E-state index in [4.69, 9.17) is 9.98 Å². The standard InChI is InChI=1S/C54H60N2O2.Zn/c1-51(2,3)41-27-39(49(57)45(31-41)53(7,8)9)33-55-47-29-37(35-19-15-13-16-20-35)23-25-43(47)44-26-24-38(36-21-17-14-18-22-36)30-48(44)56-34-40-28-42(52(4,5)6)32-46(50(40)58)54(10,11)12;/h13-34,57-58H,1-12H3;. The van der Waals surface area contributed by atoms with Gasteiger partial charge in [-0.3, -0.25) is 9.98 Å². The zero-order valence-electron chi connectivity index (χ0n) is 37.2. The predicted octanol–water partition coefficient (Wildman–Crippen LogP) is 14.8. The van der Waals surface area contributed by atoms with Crippen molar-refractivity contribution in [3.05, 3.63) is 155 Å². The molecule has 5 heteroatoms. The molecule has 6 aromatic rings. The van der Waals surface area contributed by atoms with Crippen molar-refractivity contribution in [3.8, 4) is 44.9 Å². The van der Waals surface area contributed by atoms with Crippen LogP contribution in [0.1, 0.15) is 116 Å². The quantitative estimate of drug-likeness (QED) is 0.124. The van der Waals surface area contributed by atoms with Gasteiger partial charge in [0.2, 0.25) is 0 Å². The van der Waals surface area contributed by atoms with E-state index in [0.29, 0.717) is 11.1 Å². The Labute approximate surface area is 366 Å². The minimum Gasteiger partial charge on any atom is -0.507 e. The molecule has 0 radical (unpaired) electrons.